The Hall–Kier alpha value is -2.97. The molecule has 3 aromatic heterocycles. The first-order valence-corrected chi connectivity index (χ1v) is 8.08. The molecular weight excluding hydrogens is 361 g/mol. The zero-order chi connectivity index (χ0) is 19.9. The van der Waals surface area contributed by atoms with E-state index >= 15 is 0 Å². The average molecular weight is 378 g/mol. The van der Waals surface area contributed by atoms with E-state index in [-0.39, 0.29) is 23.2 Å². The van der Waals surface area contributed by atoms with Crippen LogP contribution >= 0.6 is 0 Å². The molecule has 0 aromatic carbocycles. The topological polar surface area (TPSA) is 69.9 Å². The van der Waals surface area contributed by atoms with Crippen molar-refractivity contribution < 1.29 is 22.7 Å². The molecule has 0 atom stereocenters. The van der Waals surface area contributed by atoms with Gasteiger partial charge in [0.25, 0.3) is 0 Å². The van der Waals surface area contributed by atoms with Crippen molar-refractivity contribution in [3.05, 3.63) is 52.1 Å². The van der Waals surface area contributed by atoms with E-state index in [0.717, 1.165) is 33.3 Å². The monoisotopic (exact) mass is 378 g/mol. The van der Waals surface area contributed by atoms with Gasteiger partial charge in [-0.2, -0.15) is 18.3 Å². The summed E-state index contributed by atoms with van der Waals surface area (Å²) in [6.07, 6.45) is -3.47. The molecule has 0 radical (unpaired) electrons. The molecule has 0 saturated carbocycles. The van der Waals surface area contributed by atoms with Gasteiger partial charge in [0.05, 0.1) is 10.9 Å². The molecule has 142 valence electrons. The fraction of sp³-hybridized carbons (Fsp3) is 0.333. The molecule has 6 nitrogen and oxygen atoms in total. The molecular formula is C18H17F3N4O2. The molecule has 0 aliphatic carbocycles. The maximum absolute atomic E-state index is 13.1. The van der Waals surface area contributed by atoms with Gasteiger partial charge in [0, 0.05) is 30.2 Å². The van der Waals surface area contributed by atoms with Crippen LogP contribution in [0.4, 0.5) is 13.2 Å². The number of carbonyl (C=O) groups is 1. The van der Waals surface area contributed by atoms with Crippen molar-refractivity contribution >= 4 is 17.0 Å². The van der Waals surface area contributed by atoms with Crippen LogP contribution in [0.1, 0.15) is 38.6 Å². The molecule has 3 heterocycles. The van der Waals surface area contributed by atoms with Crippen molar-refractivity contribution in [3.63, 3.8) is 0 Å². The summed E-state index contributed by atoms with van der Waals surface area (Å²) in [4.78, 5) is 20.6. The highest BCUT2D eigenvalue weighted by Gasteiger charge is 2.37. The Labute approximate surface area is 153 Å². The number of aryl methyl sites for hydroxylation is 4. The average Bonchev–Trinajstić information content (AvgIpc) is 2.90. The van der Waals surface area contributed by atoms with Gasteiger partial charge in [0.1, 0.15) is 6.61 Å². The lowest BCUT2D eigenvalue weighted by molar-refractivity contribution is -0.140. The molecule has 0 saturated heterocycles. The summed E-state index contributed by atoms with van der Waals surface area (Å²) in [7, 11) is 1.36. The van der Waals surface area contributed by atoms with Crippen LogP contribution < -0.4 is 0 Å². The normalized spacial score (nSPS) is 11.8. The number of halogens is 3. The quantitative estimate of drug-likeness (QED) is 0.651. The standard InChI is InChI=1S/C18H17F3N4O2/c1-9-5-10(2)23-11(3)14(9)8-27-17(26)12-6-13-15(18(19,20)21)24-25(4)16(13)22-7-12/h5-7H,8H2,1-4H3. The number of carbonyl (C=O) groups excluding carboxylic acids is 1. The molecule has 3 aromatic rings. The van der Waals surface area contributed by atoms with Gasteiger partial charge in [-0.05, 0) is 38.5 Å². The first-order valence-electron chi connectivity index (χ1n) is 8.08. The van der Waals surface area contributed by atoms with Gasteiger partial charge in [-0.15, -0.1) is 0 Å². The second kappa shape index (κ2) is 6.64. The van der Waals surface area contributed by atoms with Crippen molar-refractivity contribution in [1.82, 2.24) is 19.7 Å². The van der Waals surface area contributed by atoms with Crippen LogP contribution in [0.15, 0.2) is 18.3 Å². The lowest BCUT2D eigenvalue weighted by Crippen LogP contribution is -2.09. The minimum absolute atomic E-state index is 0.0268. The third kappa shape index (κ3) is 3.62. The van der Waals surface area contributed by atoms with Crippen LogP contribution in [0.5, 0.6) is 0 Å². The fourth-order valence-electron chi connectivity index (χ4n) is 2.95. The number of alkyl halides is 3. The van der Waals surface area contributed by atoms with Crippen molar-refractivity contribution in [2.45, 2.75) is 33.6 Å². The number of nitrogens with zero attached hydrogens (tertiary/aromatic N) is 4. The third-order valence-corrected chi connectivity index (χ3v) is 4.21. The summed E-state index contributed by atoms with van der Waals surface area (Å²) in [6, 6.07) is 2.97. The molecule has 0 N–H and O–H groups in total. The van der Waals surface area contributed by atoms with E-state index in [0.29, 0.717) is 0 Å². The van der Waals surface area contributed by atoms with Crippen LogP contribution in [-0.2, 0) is 24.6 Å². The Balaban J connectivity index is 1.88. The van der Waals surface area contributed by atoms with Gasteiger partial charge in [-0.25, -0.2) is 14.5 Å². The van der Waals surface area contributed by atoms with Crippen LogP contribution in [0.25, 0.3) is 11.0 Å². The van der Waals surface area contributed by atoms with E-state index < -0.39 is 17.8 Å². The number of hydrogen-bond acceptors (Lipinski definition) is 5. The van der Waals surface area contributed by atoms with Crippen molar-refractivity contribution in [2.24, 2.45) is 7.05 Å². The lowest BCUT2D eigenvalue weighted by atomic mass is 10.1. The van der Waals surface area contributed by atoms with E-state index in [1.165, 1.54) is 13.2 Å². The second-order valence-corrected chi connectivity index (χ2v) is 6.29. The Morgan fingerprint density at radius 3 is 2.56 bits per heavy atom. The highest BCUT2D eigenvalue weighted by molar-refractivity contribution is 5.93. The minimum atomic E-state index is -4.65. The third-order valence-electron chi connectivity index (χ3n) is 4.21. The Morgan fingerprint density at radius 1 is 1.22 bits per heavy atom. The molecule has 0 amide bonds. The highest BCUT2D eigenvalue weighted by Crippen LogP contribution is 2.33. The summed E-state index contributed by atoms with van der Waals surface area (Å²) < 4.78 is 45.7. The van der Waals surface area contributed by atoms with Crippen molar-refractivity contribution in [3.8, 4) is 0 Å². The summed E-state index contributed by atoms with van der Waals surface area (Å²) in [6.45, 7) is 5.52. The molecule has 0 unspecified atom stereocenters. The molecule has 0 aliphatic rings. The summed E-state index contributed by atoms with van der Waals surface area (Å²) in [5.74, 6) is -0.763. The minimum Gasteiger partial charge on any atom is -0.457 e. The summed E-state index contributed by atoms with van der Waals surface area (Å²) in [5, 5.41) is 3.21. The van der Waals surface area contributed by atoms with Crippen LogP contribution in [0, 0.1) is 20.8 Å². The molecule has 3 rings (SSSR count). The Morgan fingerprint density at radius 2 is 1.93 bits per heavy atom. The number of hydrogen-bond donors (Lipinski definition) is 0. The molecule has 0 spiro atoms. The summed E-state index contributed by atoms with van der Waals surface area (Å²) >= 11 is 0. The zero-order valence-electron chi connectivity index (χ0n) is 15.2. The SMILES string of the molecule is Cc1cc(C)c(COC(=O)c2cnc3c(c2)c(C(F)(F)F)nn3C)c(C)n1. The molecule has 0 aliphatic heterocycles. The first-order chi connectivity index (χ1) is 12.6. The maximum atomic E-state index is 13.1. The predicted molar refractivity (Wildman–Crippen MR) is 91.1 cm³/mol. The number of rotatable bonds is 3. The fourth-order valence-corrected chi connectivity index (χ4v) is 2.95. The van der Waals surface area contributed by atoms with E-state index in [2.05, 4.69) is 15.1 Å². The van der Waals surface area contributed by atoms with E-state index in [9.17, 15) is 18.0 Å². The van der Waals surface area contributed by atoms with Crippen LogP contribution in [-0.4, -0.2) is 25.7 Å². The number of pyridine rings is 2. The molecule has 9 heteroatoms. The maximum Gasteiger partial charge on any atom is 0.435 e. The molecule has 0 bridgehead atoms. The Kier molecular flexibility index (Phi) is 4.63. The smallest absolute Gasteiger partial charge is 0.435 e. The van der Waals surface area contributed by atoms with Gasteiger partial charge in [-0.1, -0.05) is 0 Å². The molecule has 27 heavy (non-hydrogen) atoms. The summed E-state index contributed by atoms with van der Waals surface area (Å²) in [5.41, 5.74) is 2.15. The van der Waals surface area contributed by atoms with Gasteiger partial charge in [-0.3, -0.25) is 4.98 Å². The van der Waals surface area contributed by atoms with Crippen LogP contribution in [0.3, 0.4) is 0 Å². The van der Waals surface area contributed by atoms with Gasteiger partial charge >= 0.3 is 12.1 Å². The largest absolute Gasteiger partial charge is 0.457 e. The number of aromatic nitrogens is 4. The second-order valence-electron chi connectivity index (χ2n) is 6.29. The molecule has 0 fully saturated rings. The van der Waals surface area contributed by atoms with Crippen molar-refractivity contribution in [1.29, 1.82) is 0 Å². The lowest BCUT2D eigenvalue weighted by Gasteiger charge is -2.11. The van der Waals surface area contributed by atoms with Crippen LogP contribution in [0.2, 0.25) is 0 Å². The van der Waals surface area contributed by atoms with E-state index in [1.807, 2.05) is 26.8 Å². The number of fused-ring (bicyclic) bond motifs is 1. The number of esters is 1. The zero-order valence-corrected chi connectivity index (χ0v) is 15.2. The first kappa shape index (κ1) is 18.8. The van der Waals surface area contributed by atoms with E-state index in [4.69, 9.17) is 4.74 Å². The van der Waals surface area contributed by atoms with Gasteiger partial charge in [0.15, 0.2) is 11.3 Å². The number of ether oxygens (including phenoxy) is 1. The predicted octanol–water partition coefficient (Wildman–Crippen LogP) is 3.66. The van der Waals surface area contributed by atoms with Crippen molar-refractivity contribution in [2.75, 3.05) is 0 Å². The van der Waals surface area contributed by atoms with Gasteiger partial charge < -0.3 is 4.74 Å². The van der Waals surface area contributed by atoms with Gasteiger partial charge in [0.2, 0.25) is 0 Å². The Bertz CT molecular complexity index is 1020. The van der Waals surface area contributed by atoms with E-state index in [1.54, 1.807) is 0 Å². The highest BCUT2D eigenvalue weighted by atomic mass is 19.4.